The van der Waals surface area contributed by atoms with Gasteiger partial charge < -0.3 is 14.5 Å². The lowest BCUT2D eigenvalue weighted by Gasteiger charge is -2.12. The molecule has 0 spiro atoms. The highest BCUT2D eigenvalue weighted by Gasteiger charge is 2.21. The molecule has 146 valence electrons. The molecule has 7 nitrogen and oxygen atoms in total. The molecule has 1 amide bonds. The molecule has 1 fully saturated rings. The fraction of sp³-hybridized carbons (Fsp3) is 0.350. The molecule has 2 heterocycles. The second kappa shape index (κ2) is 8.52. The van der Waals surface area contributed by atoms with Crippen molar-refractivity contribution < 1.29 is 13.9 Å². The molecule has 1 N–H and O–H groups in total. The lowest BCUT2D eigenvalue weighted by atomic mass is 10.2. The Labute approximate surface area is 167 Å². The number of methoxy groups -OCH3 is 1. The maximum absolute atomic E-state index is 12.3. The van der Waals surface area contributed by atoms with E-state index in [4.69, 9.17) is 9.15 Å². The summed E-state index contributed by atoms with van der Waals surface area (Å²) in [7, 11) is 1.63. The highest BCUT2D eigenvalue weighted by atomic mass is 32.2. The number of nitrogens with zero attached hydrogens (tertiary/aromatic N) is 3. The smallest absolute Gasteiger partial charge is 0.230 e. The van der Waals surface area contributed by atoms with Crippen LogP contribution in [0.2, 0.25) is 0 Å². The summed E-state index contributed by atoms with van der Waals surface area (Å²) in [6.07, 6.45) is 6.12. The van der Waals surface area contributed by atoms with Crippen molar-refractivity contribution in [1.82, 2.24) is 20.1 Å². The van der Waals surface area contributed by atoms with E-state index >= 15 is 0 Å². The first-order valence-corrected chi connectivity index (χ1v) is 10.3. The Balaban J connectivity index is 1.56. The van der Waals surface area contributed by atoms with Crippen molar-refractivity contribution in [3.63, 3.8) is 0 Å². The summed E-state index contributed by atoms with van der Waals surface area (Å²) in [6.45, 7) is 0. The number of thioether (sulfide) groups is 1. The van der Waals surface area contributed by atoms with E-state index in [1.165, 1.54) is 24.6 Å². The van der Waals surface area contributed by atoms with Crippen molar-refractivity contribution in [2.24, 2.45) is 0 Å². The van der Waals surface area contributed by atoms with E-state index in [1.54, 1.807) is 13.4 Å². The molecule has 0 unspecified atom stereocenters. The number of ether oxygens (including phenoxy) is 1. The summed E-state index contributed by atoms with van der Waals surface area (Å²) >= 11 is 1.37. The minimum atomic E-state index is 0.0285. The molecular weight excluding hydrogens is 376 g/mol. The van der Waals surface area contributed by atoms with Crippen LogP contribution in [0.5, 0.6) is 5.75 Å². The van der Waals surface area contributed by atoms with Crippen molar-refractivity contribution in [2.45, 2.75) is 36.9 Å². The van der Waals surface area contributed by atoms with Crippen LogP contribution in [0.3, 0.4) is 0 Å². The number of amides is 1. The highest BCUT2D eigenvalue weighted by molar-refractivity contribution is 7.99. The zero-order chi connectivity index (χ0) is 19.3. The molecule has 3 aromatic rings. The van der Waals surface area contributed by atoms with Gasteiger partial charge in [0.2, 0.25) is 11.7 Å². The van der Waals surface area contributed by atoms with Gasteiger partial charge in [-0.15, -0.1) is 10.2 Å². The molecule has 1 aliphatic carbocycles. The van der Waals surface area contributed by atoms with Gasteiger partial charge in [-0.1, -0.05) is 24.6 Å². The molecular formula is C20H22N4O3S. The van der Waals surface area contributed by atoms with Gasteiger partial charge in [-0.05, 0) is 49.2 Å². The molecule has 28 heavy (non-hydrogen) atoms. The fourth-order valence-corrected chi connectivity index (χ4v) is 4.13. The van der Waals surface area contributed by atoms with E-state index in [-0.39, 0.29) is 5.91 Å². The van der Waals surface area contributed by atoms with E-state index in [0.29, 0.717) is 28.5 Å². The number of aromatic nitrogens is 3. The standard InChI is InChI=1S/C20H22N4O3S/c1-26-16-10-8-15(9-11-16)24-19(17-7-4-12-27-17)22-23-20(24)28-13-18(25)21-14-5-2-3-6-14/h4,7-12,14H,2-3,5-6,13H2,1H3,(H,21,25). The van der Waals surface area contributed by atoms with E-state index in [2.05, 4.69) is 15.5 Å². The third-order valence-electron chi connectivity index (χ3n) is 4.76. The molecule has 0 aliphatic heterocycles. The summed E-state index contributed by atoms with van der Waals surface area (Å²) in [5.41, 5.74) is 0.871. The Morgan fingerprint density at radius 3 is 2.71 bits per heavy atom. The molecule has 1 saturated carbocycles. The number of carbonyl (C=O) groups excluding carboxylic acids is 1. The molecule has 4 rings (SSSR count). The number of rotatable bonds is 7. The largest absolute Gasteiger partial charge is 0.497 e. The van der Waals surface area contributed by atoms with Gasteiger partial charge in [0.25, 0.3) is 0 Å². The van der Waals surface area contributed by atoms with Crippen LogP contribution in [0.25, 0.3) is 17.3 Å². The molecule has 2 aromatic heterocycles. The van der Waals surface area contributed by atoms with Gasteiger partial charge in [0.1, 0.15) is 5.75 Å². The van der Waals surface area contributed by atoms with Crippen LogP contribution < -0.4 is 10.1 Å². The minimum Gasteiger partial charge on any atom is -0.497 e. The van der Waals surface area contributed by atoms with Crippen molar-refractivity contribution in [3.05, 3.63) is 42.7 Å². The van der Waals surface area contributed by atoms with E-state index in [1.807, 2.05) is 41.0 Å². The topological polar surface area (TPSA) is 82.2 Å². The lowest BCUT2D eigenvalue weighted by molar-refractivity contribution is -0.119. The summed E-state index contributed by atoms with van der Waals surface area (Å²) in [4.78, 5) is 12.3. The minimum absolute atomic E-state index is 0.0285. The van der Waals surface area contributed by atoms with Gasteiger partial charge in [0.15, 0.2) is 10.9 Å². The van der Waals surface area contributed by atoms with E-state index in [9.17, 15) is 4.79 Å². The number of hydrogen-bond acceptors (Lipinski definition) is 6. The molecule has 0 bridgehead atoms. The Bertz CT molecular complexity index is 916. The van der Waals surface area contributed by atoms with Crippen LogP contribution in [0, 0.1) is 0 Å². The molecule has 1 aliphatic rings. The summed E-state index contributed by atoms with van der Waals surface area (Å²) in [5.74, 6) is 2.30. The predicted octanol–water partition coefficient (Wildman–Crippen LogP) is 3.69. The first-order valence-electron chi connectivity index (χ1n) is 9.30. The van der Waals surface area contributed by atoms with Gasteiger partial charge >= 0.3 is 0 Å². The molecule has 1 aromatic carbocycles. The van der Waals surface area contributed by atoms with Crippen molar-refractivity contribution in [2.75, 3.05) is 12.9 Å². The zero-order valence-electron chi connectivity index (χ0n) is 15.6. The average Bonchev–Trinajstić information content (AvgIpc) is 3.47. The SMILES string of the molecule is COc1ccc(-n2c(SCC(=O)NC3CCCC3)nnc2-c2ccco2)cc1. The Hall–Kier alpha value is -2.74. The normalized spacial score (nSPS) is 14.3. The van der Waals surface area contributed by atoms with E-state index < -0.39 is 0 Å². The van der Waals surface area contributed by atoms with E-state index in [0.717, 1.165) is 24.3 Å². The predicted molar refractivity (Wildman–Crippen MR) is 107 cm³/mol. The van der Waals surface area contributed by atoms with Crippen LogP contribution in [0.4, 0.5) is 0 Å². The number of nitrogens with one attached hydrogen (secondary N) is 1. The monoisotopic (exact) mass is 398 g/mol. The molecule has 0 saturated heterocycles. The quantitative estimate of drug-likeness (QED) is 0.611. The van der Waals surface area contributed by atoms with Gasteiger partial charge in [-0.3, -0.25) is 9.36 Å². The molecule has 0 radical (unpaired) electrons. The molecule has 8 heteroatoms. The Kier molecular flexibility index (Phi) is 5.66. The molecule has 0 atom stereocenters. The third kappa shape index (κ3) is 4.06. The first kappa shape index (κ1) is 18.6. The van der Waals surface area contributed by atoms with Crippen LogP contribution in [0.1, 0.15) is 25.7 Å². The summed E-state index contributed by atoms with van der Waals surface area (Å²) in [5, 5.41) is 12.3. The van der Waals surface area contributed by atoms with Gasteiger partial charge in [-0.2, -0.15) is 0 Å². The second-order valence-corrected chi connectivity index (χ2v) is 7.60. The Morgan fingerprint density at radius 1 is 1.25 bits per heavy atom. The van der Waals surface area contributed by atoms with Crippen LogP contribution in [0.15, 0.2) is 52.2 Å². The highest BCUT2D eigenvalue weighted by Crippen LogP contribution is 2.29. The fourth-order valence-electron chi connectivity index (χ4n) is 3.36. The van der Waals surface area contributed by atoms with Crippen molar-refractivity contribution in [3.8, 4) is 23.0 Å². The average molecular weight is 398 g/mol. The number of furan rings is 1. The van der Waals surface area contributed by atoms with Crippen molar-refractivity contribution in [1.29, 1.82) is 0 Å². The van der Waals surface area contributed by atoms with Crippen LogP contribution in [-0.2, 0) is 4.79 Å². The number of benzene rings is 1. The maximum Gasteiger partial charge on any atom is 0.230 e. The van der Waals surface area contributed by atoms with Crippen LogP contribution >= 0.6 is 11.8 Å². The summed E-state index contributed by atoms with van der Waals surface area (Å²) < 4.78 is 12.7. The number of carbonyl (C=O) groups is 1. The number of hydrogen-bond donors (Lipinski definition) is 1. The second-order valence-electron chi connectivity index (χ2n) is 6.65. The lowest BCUT2D eigenvalue weighted by Crippen LogP contribution is -2.33. The Morgan fingerprint density at radius 2 is 2.04 bits per heavy atom. The van der Waals surface area contributed by atoms with Crippen LogP contribution in [-0.4, -0.2) is 39.6 Å². The summed E-state index contributed by atoms with van der Waals surface area (Å²) in [6, 6.07) is 11.6. The van der Waals surface area contributed by atoms with Gasteiger partial charge in [0, 0.05) is 6.04 Å². The van der Waals surface area contributed by atoms with Crippen molar-refractivity contribution >= 4 is 17.7 Å². The maximum atomic E-state index is 12.3. The zero-order valence-corrected chi connectivity index (χ0v) is 16.4. The third-order valence-corrected chi connectivity index (χ3v) is 5.69. The first-order chi connectivity index (χ1) is 13.7. The van der Waals surface area contributed by atoms with Gasteiger partial charge in [0.05, 0.1) is 24.8 Å². The van der Waals surface area contributed by atoms with Gasteiger partial charge in [-0.25, -0.2) is 0 Å².